The van der Waals surface area contributed by atoms with Gasteiger partial charge in [0.1, 0.15) is 0 Å². The fourth-order valence-corrected chi connectivity index (χ4v) is 18.6. The summed E-state index contributed by atoms with van der Waals surface area (Å²) in [6.45, 7) is 0. The lowest BCUT2D eigenvalue weighted by atomic mass is 9.86. The van der Waals surface area contributed by atoms with Crippen LogP contribution in [0.3, 0.4) is 0 Å². The van der Waals surface area contributed by atoms with Crippen LogP contribution in [0.25, 0.3) is 220 Å². The zero-order valence-corrected chi connectivity index (χ0v) is 63.6. The molecule has 23 rings (SSSR count). The Kier molecular flexibility index (Phi) is 16.6. The maximum absolute atomic E-state index is 2.42. The highest BCUT2D eigenvalue weighted by molar-refractivity contribution is 6.23. The van der Waals surface area contributed by atoms with Crippen LogP contribution in [0.5, 0.6) is 0 Å². The predicted octanol–water partition coefficient (Wildman–Crippen LogP) is 31.5. The van der Waals surface area contributed by atoms with Crippen molar-refractivity contribution < 1.29 is 0 Å². The van der Waals surface area contributed by atoms with Crippen molar-refractivity contribution in [1.82, 2.24) is 9.13 Å². The van der Waals surface area contributed by atoms with Gasteiger partial charge in [-0.05, 0) is 244 Å². The predicted molar refractivity (Wildman–Crippen MR) is 496 cm³/mol. The van der Waals surface area contributed by atoms with E-state index in [2.05, 4.69) is 458 Å². The Bertz CT molecular complexity index is 7660. The molecule has 116 heavy (non-hydrogen) atoms. The van der Waals surface area contributed by atoms with Crippen molar-refractivity contribution in [3.63, 3.8) is 0 Å². The van der Waals surface area contributed by atoms with Crippen LogP contribution in [0.4, 0.5) is 0 Å². The van der Waals surface area contributed by atoms with Crippen LogP contribution in [0.15, 0.2) is 449 Å². The van der Waals surface area contributed by atoms with Crippen molar-refractivity contribution in [1.29, 1.82) is 0 Å². The molecule has 0 N–H and O–H groups in total. The molecule has 0 radical (unpaired) electrons. The minimum absolute atomic E-state index is 1.14. The summed E-state index contributed by atoms with van der Waals surface area (Å²) < 4.78 is 4.83. The van der Waals surface area contributed by atoms with Crippen LogP contribution in [0.1, 0.15) is 0 Å². The summed E-state index contributed by atoms with van der Waals surface area (Å²) in [5.41, 5.74) is 29.3. The highest BCUT2D eigenvalue weighted by atomic mass is 15.0. The summed E-state index contributed by atoms with van der Waals surface area (Å²) in [5, 5.41) is 20.2. The number of rotatable bonds is 11. The molecule has 0 fully saturated rings. The first-order chi connectivity index (χ1) is 57.5. The van der Waals surface area contributed by atoms with E-state index in [0.29, 0.717) is 0 Å². The molecule has 2 heteroatoms. The third-order valence-corrected chi connectivity index (χ3v) is 24.0. The number of hydrogen-bond donors (Lipinski definition) is 0. The average Bonchev–Trinajstić information content (AvgIpc) is 0.888. The zero-order chi connectivity index (χ0) is 76.6. The van der Waals surface area contributed by atoms with Crippen molar-refractivity contribution in [3.05, 3.63) is 449 Å². The van der Waals surface area contributed by atoms with Gasteiger partial charge in [-0.1, -0.05) is 370 Å². The summed E-state index contributed by atoms with van der Waals surface area (Å²) in [6.07, 6.45) is 0. The van der Waals surface area contributed by atoms with Gasteiger partial charge in [0.15, 0.2) is 0 Å². The van der Waals surface area contributed by atoms with E-state index < -0.39 is 0 Å². The molecule has 23 aromatic rings. The van der Waals surface area contributed by atoms with E-state index in [0.717, 1.165) is 11.4 Å². The van der Waals surface area contributed by atoms with Gasteiger partial charge in [0.05, 0.1) is 22.1 Å². The molecule has 0 unspecified atom stereocenters. The topological polar surface area (TPSA) is 9.86 Å². The quantitative estimate of drug-likeness (QED) is 0.114. The Balaban J connectivity index is 0.000000141. The first-order valence-corrected chi connectivity index (χ1v) is 40.1. The molecule has 0 saturated heterocycles. The summed E-state index contributed by atoms with van der Waals surface area (Å²) in [7, 11) is 0. The molecule has 0 spiro atoms. The molecule has 0 aliphatic heterocycles. The second-order valence-electron chi connectivity index (χ2n) is 30.5. The number of benzene rings is 21. The second-order valence-corrected chi connectivity index (χ2v) is 30.5. The average molecular weight is 1470 g/mol. The van der Waals surface area contributed by atoms with Crippen molar-refractivity contribution in [2.24, 2.45) is 0 Å². The summed E-state index contributed by atoms with van der Waals surface area (Å²) in [4.78, 5) is 0. The van der Waals surface area contributed by atoms with Gasteiger partial charge >= 0.3 is 0 Å². The van der Waals surface area contributed by atoms with Crippen LogP contribution in [-0.4, -0.2) is 9.13 Å². The molecule has 0 aliphatic rings. The van der Waals surface area contributed by atoms with Gasteiger partial charge in [-0.3, -0.25) is 0 Å². The number of aromatic nitrogens is 2. The molecule has 2 aromatic heterocycles. The lowest BCUT2D eigenvalue weighted by Gasteiger charge is -2.18. The molecule has 0 amide bonds. The third-order valence-electron chi connectivity index (χ3n) is 24.0. The lowest BCUT2D eigenvalue weighted by molar-refractivity contribution is 1.18. The molecule has 0 saturated carbocycles. The maximum atomic E-state index is 2.42. The van der Waals surface area contributed by atoms with Crippen molar-refractivity contribution in [3.8, 4) is 112 Å². The molecule has 0 bridgehead atoms. The highest BCUT2D eigenvalue weighted by Gasteiger charge is 2.22. The van der Waals surface area contributed by atoms with E-state index in [-0.39, 0.29) is 0 Å². The fraction of sp³-hybridized carbons (Fsp3) is 0. The molecule has 540 valence electrons. The van der Waals surface area contributed by atoms with Gasteiger partial charge < -0.3 is 9.13 Å². The van der Waals surface area contributed by atoms with Gasteiger partial charge in [-0.15, -0.1) is 0 Å². The van der Waals surface area contributed by atoms with Crippen LogP contribution in [-0.2, 0) is 0 Å². The van der Waals surface area contributed by atoms with Crippen molar-refractivity contribution >= 4 is 108 Å². The molecule has 21 aromatic carbocycles. The SMILES string of the molecule is c1ccc(-c2c3ccccc3c(-c3ccc(-n4c5ccccc5c5cc(-c6cccc(-c7ccc(-c8cccc9ccccc89)cc7)c6)ccc54)cc3)c3ccccc23)cc1.c1ccc(-c2c3ccccc3c(-c3ccc(-n4c5ccccc5c5cc(-c6cccc(-c7ccc8ccccc8c7)c6)ccc54)cc3)c3ccccc23)cc1. The number of para-hydroxylation sites is 2. The van der Waals surface area contributed by atoms with Gasteiger partial charge in [-0.25, -0.2) is 0 Å². The van der Waals surface area contributed by atoms with Gasteiger partial charge in [0.25, 0.3) is 0 Å². The minimum Gasteiger partial charge on any atom is -0.309 e. The highest BCUT2D eigenvalue weighted by Crippen LogP contribution is 2.48. The third kappa shape index (κ3) is 11.7. The number of fused-ring (bicyclic) bond motifs is 12. The van der Waals surface area contributed by atoms with Crippen LogP contribution < -0.4 is 0 Å². The lowest BCUT2D eigenvalue weighted by Crippen LogP contribution is -1.94. The number of nitrogens with zero attached hydrogens (tertiary/aromatic N) is 2. The van der Waals surface area contributed by atoms with E-state index in [9.17, 15) is 0 Å². The Morgan fingerprint density at radius 3 is 0.819 bits per heavy atom. The van der Waals surface area contributed by atoms with Crippen LogP contribution >= 0.6 is 0 Å². The Morgan fingerprint density at radius 1 is 0.121 bits per heavy atom. The minimum atomic E-state index is 1.14. The monoisotopic (exact) mass is 1470 g/mol. The largest absolute Gasteiger partial charge is 0.309 e. The van der Waals surface area contributed by atoms with Gasteiger partial charge in [0, 0.05) is 32.9 Å². The van der Waals surface area contributed by atoms with E-state index in [4.69, 9.17) is 0 Å². The Hall–Kier alpha value is -15.2. The molecule has 0 atom stereocenters. The van der Waals surface area contributed by atoms with Crippen molar-refractivity contribution in [2.75, 3.05) is 0 Å². The summed E-state index contributed by atoms with van der Waals surface area (Å²) in [5.74, 6) is 0. The molecule has 2 nitrogen and oxygen atoms in total. The van der Waals surface area contributed by atoms with Gasteiger partial charge in [-0.2, -0.15) is 0 Å². The molecular formula is C114H74N2. The van der Waals surface area contributed by atoms with E-state index in [1.807, 2.05) is 0 Å². The molecule has 2 heterocycles. The van der Waals surface area contributed by atoms with Crippen LogP contribution in [0.2, 0.25) is 0 Å². The summed E-state index contributed by atoms with van der Waals surface area (Å²) >= 11 is 0. The smallest absolute Gasteiger partial charge is 0.0541 e. The number of hydrogen-bond acceptors (Lipinski definition) is 0. The normalized spacial score (nSPS) is 11.6. The summed E-state index contributed by atoms with van der Waals surface area (Å²) in [6, 6.07) is 164. The Labute approximate surface area is 673 Å². The fourth-order valence-electron chi connectivity index (χ4n) is 18.6. The first kappa shape index (κ1) is 67.7. The second kappa shape index (κ2) is 28.5. The first-order valence-electron chi connectivity index (χ1n) is 40.1. The Morgan fingerprint density at radius 2 is 0.388 bits per heavy atom. The van der Waals surface area contributed by atoms with Crippen LogP contribution in [0, 0.1) is 0 Å². The molecular weight excluding hydrogens is 1400 g/mol. The van der Waals surface area contributed by atoms with E-state index in [1.165, 1.54) is 208 Å². The van der Waals surface area contributed by atoms with E-state index in [1.54, 1.807) is 0 Å². The van der Waals surface area contributed by atoms with Gasteiger partial charge in [0.2, 0.25) is 0 Å². The zero-order valence-electron chi connectivity index (χ0n) is 63.6. The van der Waals surface area contributed by atoms with Crippen molar-refractivity contribution in [2.45, 2.75) is 0 Å². The standard InChI is InChI=1S/C60H39N.C54H35N/c1-2-15-43(16-3-1)59-52-22-6-8-24-54(52)60(55-25-9-7-23-53(55)59)44-32-35-48(36-33-44)61-57-27-11-10-21-51(57)56-39-47(34-37-58(56)61)46-19-12-18-45(38-46)40-28-30-42(31-29-40)50-26-13-17-41-14-4-5-20-49(41)50;1-2-14-37(15-3-1)53-46-20-6-8-22-48(46)54(49-23-9-7-21-47(49)53)38-27-30-44(31-28-38)55-51-24-11-10-19-45(51)50-35-43(29-32-52(50)55)41-18-12-17-40(34-41)42-26-25-36-13-4-5-16-39(36)33-42/h1-39H;1-35H. The maximum Gasteiger partial charge on any atom is 0.0541 e. The molecule has 0 aliphatic carbocycles. The van der Waals surface area contributed by atoms with E-state index >= 15 is 0 Å².